The molecule has 0 aliphatic carbocycles. The molecule has 0 saturated carbocycles. The minimum atomic E-state index is 0.0254. The van der Waals surface area contributed by atoms with Crippen molar-refractivity contribution in [1.82, 2.24) is 19.9 Å². The Kier molecular flexibility index (Phi) is 4.16. The number of thiazole rings is 1. The highest BCUT2D eigenvalue weighted by molar-refractivity contribution is 7.07. The number of carbonyl (C=O) groups excluding carboxylic acids is 1. The zero-order valence-corrected chi connectivity index (χ0v) is 14.4. The van der Waals surface area contributed by atoms with Crippen molar-refractivity contribution in [2.24, 2.45) is 0 Å². The van der Waals surface area contributed by atoms with E-state index in [4.69, 9.17) is 11.6 Å². The summed E-state index contributed by atoms with van der Waals surface area (Å²) in [6.45, 7) is 1.46. The van der Waals surface area contributed by atoms with Crippen molar-refractivity contribution in [3.05, 3.63) is 51.7 Å². The lowest BCUT2D eigenvalue weighted by Gasteiger charge is -2.31. The third-order valence-electron chi connectivity index (χ3n) is 4.38. The number of halogens is 1. The maximum Gasteiger partial charge on any atom is 0.273 e. The molecule has 122 valence electrons. The third kappa shape index (κ3) is 2.99. The molecule has 4 heterocycles. The van der Waals surface area contributed by atoms with Gasteiger partial charge in [-0.3, -0.25) is 4.79 Å². The van der Waals surface area contributed by atoms with Gasteiger partial charge in [-0.1, -0.05) is 11.6 Å². The smallest absolute Gasteiger partial charge is 0.273 e. The third-order valence-corrected chi connectivity index (χ3v) is 5.18. The lowest BCUT2D eigenvalue weighted by Crippen LogP contribution is -2.38. The van der Waals surface area contributed by atoms with E-state index in [1.54, 1.807) is 17.1 Å². The van der Waals surface area contributed by atoms with Crippen LogP contribution in [0.3, 0.4) is 0 Å². The number of aromatic nitrogens is 3. The monoisotopic (exact) mass is 358 g/mol. The molecule has 0 atom stereocenters. The zero-order valence-electron chi connectivity index (χ0n) is 12.9. The number of hydrogen-bond donors (Lipinski definition) is 0. The van der Waals surface area contributed by atoms with Crippen molar-refractivity contribution in [2.45, 2.75) is 18.8 Å². The van der Waals surface area contributed by atoms with Crippen LogP contribution in [-0.2, 0) is 0 Å². The minimum absolute atomic E-state index is 0.0254. The van der Waals surface area contributed by atoms with E-state index in [1.807, 2.05) is 23.1 Å². The highest BCUT2D eigenvalue weighted by atomic mass is 35.5. The SMILES string of the molecule is O=C(c1cscn1)N1CCC(c2ccc3cc(Cl)cnc3n2)CC1. The quantitative estimate of drug-likeness (QED) is 0.699. The second kappa shape index (κ2) is 6.45. The van der Waals surface area contributed by atoms with Gasteiger partial charge < -0.3 is 4.90 Å². The summed E-state index contributed by atoms with van der Waals surface area (Å²) in [6.07, 6.45) is 3.43. The van der Waals surface area contributed by atoms with Gasteiger partial charge in [-0.2, -0.15) is 0 Å². The van der Waals surface area contributed by atoms with Crippen molar-refractivity contribution in [3.63, 3.8) is 0 Å². The fourth-order valence-corrected chi connectivity index (χ4v) is 3.78. The van der Waals surface area contributed by atoms with Gasteiger partial charge in [0.1, 0.15) is 5.69 Å². The van der Waals surface area contributed by atoms with Gasteiger partial charge in [-0.05, 0) is 31.0 Å². The van der Waals surface area contributed by atoms with Crippen molar-refractivity contribution in [2.75, 3.05) is 13.1 Å². The van der Waals surface area contributed by atoms with E-state index in [2.05, 4.69) is 15.0 Å². The number of amides is 1. The Morgan fingerprint density at radius 3 is 2.83 bits per heavy atom. The Morgan fingerprint density at radius 1 is 1.25 bits per heavy atom. The van der Waals surface area contributed by atoms with E-state index < -0.39 is 0 Å². The number of nitrogens with zero attached hydrogens (tertiary/aromatic N) is 4. The molecule has 3 aromatic rings. The van der Waals surface area contributed by atoms with Crippen molar-refractivity contribution < 1.29 is 4.79 Å². The normalized spacial score (nSPS) is 15.8. The molecule has 1 fully saturated rings. The standard InChI is InChI=1S/C17H15ClN4OS/c18-13-7-12-1-2-14(21-16(12)19-8-13)11-3-5-22(6-4-11)17(23)15-9-24-10-20-15/h1-2,7-11H,3-6H2. The summed E-state index contributed by atoms with van der Waals surface area (Å²) < 4.78 is 0. The number of pyridine rings is 2. The molecule has 0 radical (unpaired) electrons. The van der Waals surface area contributed by atoms with Gasteiger partial charge in [-0.15, -0.1) is 11.3 Å². The lowest BCUT2D eigenvalue weighted by molar-refractivity contribution is 0.0707. The summed E-state index contributed by atoms with van der Waals surface area (Å²) >= 11 is 7.41. The molecule has 0 unspecified atom stereocenters. The van der Waals surface area contributed by atoms with Gasteiger partial charge in [0.15, 0.2) is 5.65 Å². The van der Waals surface area contributed by atoms with Crippen LogP contribution < -0.4 is 0 Å². The van der Waals surface area contributed by atoms with Gasteiger partial charge >= 0.3 is 0 Å². The van der Waals surface area contributed by atoms with E-state index in [1.165, 1.54) is 11.3 Å². The molecule has 0 bridgehead atoms. The zero-order chi connectivity index (χ0) is 16.5. The first kappa shape index (κ1) is 15.5. The van der Waals surface area contributed by atoms with Gasteiger partial charge in [0.2, 0.25) is 0 Å². The molecule has 1 amide bonds. The number of carbonyl (C=O) groups is 1. The van der Waals surface area contributed by atoms with Crippen LogP contribution in [0.25, 0.3) is 11.0 Å². The number of fused-ring (bicyclic) bond motifs is 1. The first-order chi connectivity index (χ1) is 11.7. The average Bonchev–Trinajstić information content (AvgIpc) is 3.15. The van der Waals surface area contributed by atoms with Crippen LogP contribution in [-0.4, -0.2) is 38.8 Å². The van der Waals surface area contributed by atoms with Crippen LogP contribution in [0.15, 0.2) is 35.3 Å². The molecule has 0 N–H and O–H groups in total. The van der Waals surface area contributed by atoms with Gasteiger partial charge in [0.05, 0.1) is 10.5 Å². The maximum atomic E-state index is 12.3. The molecule has 7 heteroatoms. The molecule has 1 aliphatic rings. The number of rotatable bonds is 2. The molecule has 1 saturated heterocycles. The second-order valence-electron chi connectivity index (χ2n) is 5.88. The van der Waals surface area contributed by atoms with Gasteiger partial charge in [-0.25, -0.2) is 15.0 Å². The topological polar surface area (TPSA) is 59.0 Å². The van der Waals surface area contributed by atoms with Gasteiger partial charge in [0, 0.05) is 41.7 Å². The average molecular weight is 359 g/mol. The summed E-state index contributed by atoms with van der Waals surface area (Å²) in [7, 11) is 0. The summed E-state index contributed by atoms with van der Waals surface area (Å²) in [5, 5.41) is 3.36. The molecule has 4 rings (SSSR count). The van der Waals surface area contributed by atoms with Crippen molar-refractivity contribution in [3.8, 4) is 0 Å². The highest BCUT2D eigenvalue weighted by Crippen LogP contribution is 2.28. The van der Waals surface area contributed by atoms with E-state index in [0.717, 1.165) is 42.7 Å². The van der Waals surface area contributed by atoms with Crippen LogP contribution in [0.5, 0.6) is 0 Å². The maximum absolute atomic E-state index is 12.3. The van der Waals surface area contributed by atoms with E-state index >= 15 is 0 Å². The van der Waals surface area contributed by atoms with Crippen LogP contribution in [0.4, 0.5) is 0 Å². The van der Waals surface area contributed by atoms with Crippen molar-refractivity contribution in [1.29, 1.82) is 0 Å². The summed E-state index contributed by atoms with van der Waals surface area (Å²) in [6, 6.07) is 5.93. The fraction of sp³-hybridized carbons (Fsp3) is 0.294. The molecule has 3 aromatic heterocycles. The lowest BCUT2D eigenvalue weighted by atomic mass is 9.92. The predicted octanol–water partition coefficient (Wildman–Crippen LogP) is 3.76. The summed E-state index contributed by atoms with van der Waals surface area (Å²) in [5.74, 6) is 0.379. The first-order valence-electron chi connectivity index (χ1n) is 7.80. The van der Waals surface area contributed by atoms with E-state index in [0.29, 0.717) is 16.6 Å². The van der Waals surface area contributed by atoms with E-state index in [9.17, 15) is 4.79 Å². The first-order valence-corrected chi connectivity index (χ1v) is 9.12. The second-order valence-corrected chi connectivity index (χ2v) is 7.03. The largest absolute Gasteiger partial charge is 0.337 e. The van der Waals surface area contributed by atoms with Crippen LogP contribution in [0.2, 0.25) is 5.02 Å². The highest BCUT2D eigenvalue weighted by Gasteiger charge is 2.26. The molecule has 24 heavy (non-hydrogen) atoms. The van der Waals surface area contributed by atoms with E-state index in [-0.39, 0.29) is 5.91 Å². The molecular weight excluding hydrogens is 344 g/mol. The molecule has 1 aliphatic heterocycles. The van der Waals surface area contributed by atoms with Crippen molar-refractivity contribution >= 4 is 39.9 Å². The van der Waals surface area contributed by atoms with Crippen LogP contribution in [0, 0.1) is 0 Å². The predicted molar refractivity (Wildman–Crippen MR) is 94.5 cm³/mol. The van der Waals surface area contributed by atoms with Crippen LogP contribution in [0.1, 0.15) is 34.9 Å². The number of piperidine rings is 1. The summed E-state index contributed by atoms with van der Waals surface area (Å²) in [5.41, 5.74) is 4.00. The Hall–Kier alpha value is -2.05. The number of hydrogen-bond acceptors (Lipinski definition) is 5. The minimum Gasteiger partial charge on any atom is -0.337 e. The Bertz CT molecular complexity index is 875. The molecular formula is C17H15ClN4OS. The Morgan fingerprint density at radius 2 is 2.08 bits per heavy atom. The van der Waals surface area contributed by atoms with Gasteiger partial charge in [0.25, 0.3) is 5.91 Å². The fourth-order valence-electron chi connectivity index (χ4n) is 3.08. The Labute approximate surface area is 148 Å². The molecule has 0 spiro atoms. The van der Waals surface area contributed by atoms with Crippen LogP contribution >= 0.6 is 22.9 Å². The molecule has 5 nitrogen and oxygen atoms in total. The summed E-state index contributed by atoms with van der Waals surface area (Å²) in [4.78, 5) is 27.3. The Balaban J connectivity index is 1.47. The number of likely N-dealkylation sites (tertiary alicyclic amines) is 1. The molecule has 0 aromatic carbocycles.